The summed E-state index contributed by atoms with van der Waals surface area (Å²) >= 11 is 0. The van der Waals surface area contributed by atoms with Crippen molar-refractivity contribution < 1.29 is 4.79 Å². The zero-order valence-electron chi connectivity index (χ0n) is 16.4. The molecule has 0 spiro atoms. The molecule has 0 bridgehead atoms. The number of aromatic nitrogens is 3. The van der Waals surface area contributed by atoms with Gasteiger partial charge in [-0.1, -0.05) is 24.5 Å². The molecule has 29 heavy (non-hydrogen) atoms. The molecule has 1 aromatic carbocycles. The van der Waals surface area contributed by atoms with Crippen LogP contribution in [0.1, 0.15) is 41.7 Å². The molecule has 0 aliphatic heterocycles. The lowest BCUT2D eigenvalue weighted by Gasteiger charge is -2.29. The number of carbonyl (C=O) groups excluding carboxylic acids is 1. The molecule has 3 aromatic rings. The van der Waals surface area contributed by atoms with Crippen molar-refractivity contribution in [1.82, 2.24) is 15.0 Å². The van der Waals surface area contributed by atoms with E-state index in [1.807, 2.05) is 25.1 Å². The highest BCUT2D eigenvalue weighted by Gasteiger charge is 2.23. The molecule has 2 heterocycles. The Labute approximate surface area is 169 Å². The number of hydrogen-bond donors (Lipinski definition) is 4. The van der Waals surface area contributed by atoms with Crippen LogP contribution in [0.25, 0.3) is 10.9 Å². The van der Waals surface area contributed by atoms with Crippen molar-refractivity contribution in [3.63, 3.8) is 0 Å². The second-order valence-corrected chi connectivity index (χ2v) is 7.56. The first-order valence-electron chi connectivity index (χ1n) is 9.82. The van der Waals surface area contributed by atoms with Gasteiger partial charge in [-0.15, -0.1) is 0 Å². The maximum absolute atomic E-state index is 11.8. The molecule has 150 valence electrons. The molecule has 4 rings (SSSR count). The molecule has 1 aliphatic carbocycles. The van der Waals surface area contributed by atoms with Crippen LogP contribution < -0.4 is 22.1 Å². The number of nitrogens with zero attached hydrogens (tertiary/aromatic N) is 3. The number of nitrogens with one attached hydrogen (secondary N) is 2. The van der Waals surface area contributed by atoms with E-state index in [2.05, 4.69) is 31.7 Å². The Bertz CT molecular complexity index is 1050. The van der Waals surface area contributed by atoms with E-state index in [0.717, 1.165) is 42.1 Å². The van der Waals surface area contributed by atoms with Gasteiger partial charge in [-0.25, -0.2) is 9.97 Å². The number of primary amides is 1. The maximum atomic E-state index is 11.8. The largest absolute Gasteiger partial charge is 0.364 e. The quantitative estimate of drug-likeness (QED) is 0.526. The van der Waals surface area contributed by atoms with Crippen LogP contribution in [-0.2, 0) is 0 Å². The van der Waals surface area contributed by atoms with Crippen LogP contribution in [0.3, 0.4) is 0 Å². The Morgan fingerprint density at radius 1 is 1.14 bits per heavy atom. The van der Waals surface area contributed by atoms with Crippen molar-refractivity contribution in [1.29, 1.82) is 0 Å². The summed E-state index contributed by atoms with van der Waals surface area (Å²) in [5.74, 6) is 0.204. The van der Waals surface area contributed by atoms with Gasteiger partial charge in [-0.05, 0) is 38.0 Å². The fourth-order valence-electron chi connectivity index (χ4n) is 3.71. The van der Waals surface area contributed by atoms with E-state index < -0.39 is 5.91 Å². The van der Waals surface area contributed by atoms with E-state index in [-0.39, 0.29) is 17.8 Å². The molecule has 2 atom stereocenters. The Morgan fingerprint density at radius 3 is 2.76 bits per heavy atom. The molecule has 0 saturated heterocycles. The number of nitrogens with two attached hydrogens (primary N) is 2. The predicted molar refractivity (Wildman–Crippen MR) is 114 cm³/mol. The van der Waals surface area contributed by atoms with Gasteiger partial charge in [0.05, 0.1) is 23.6 Å². The van der Waals surface area contributed by atoms with E-state index >= 15 is 0 Å². The van der Waals surface area contributed by atoms with Crippen LogP contribution in [0, 0.1) is 6.92 Å². The molecule has 6 N–H and O–H groups in total. The van der Waals surface area contributed by atoms with Crippen molar-refractivity contribution in [2.75, 3.05) is 10.6 Å². The predicted octanol–water partition coefficient (Wildman–Crippen LogP) is 2.86. The number of aryl methyl sites for hydroxylation is 1. The lowest BCUT2D eigenvalue weighted by molar-refractivity contribution is 0.0996. The third-order valence-electron chi connectivity index (χ3n) is 5.26. The minimum absolute atomic E-state index is 0.0747. The van der Waals surface area contributed by atoms with Crippen LogP contribution in [0.2, 0.25) is 0 Å². The maximum Gasteiger partial charge on any atom is 0.271 e. The Hall–Kier alpha value is -3.26. The molecule has 2 aromatic heterocycles. The first-order valence-corrected chi connectivity index (χ1v) is 9.82. The normalized spacial score (nSPS) is 19.1. The minimum atomic E-state index is -0.648. The van der Waals surface area contributed by atoms with Gasteiger partial charge in [0.15, 0.2) is 11.5 Å². The fraction of sp³-hybridized carbons (Fsp3) is 0.333. The molecule has 8 nitrogen and oxygen atoms in total. The topological polar surface area (TPSA) is 132 Å². The number of hydrogen-bond acceptors (Lipinski definition) is 7. The molecule has 8 heteroatoms. The molecular weight excluding hydrogens is 366 g/mol. The van der Waals surface area contributed by atoms with Gasteiger partial charge in [-0.2, -0.15) is 0 Å². The number of carbonyl (C=O) groups is 1. The summed E-state index contributed by atoms with van der Waals surface area (Å²) in [7, 11) is 0. The molecule has 1 saturated carbocycles. The summed E-state index contributed by atoms with van der Waals surface area (Å²) in [4.78, 5) is 25.1. The molecular formula is C21H25N7O. The molecule has 1 amide bonds. The van der Waals surface area contributed by atoms with Crippen molar-refractivity contribution in [3.05, 3.63) is 47.9 Å². The highest BCUT2D eigenvalue weighted by Crippen LogP contribution is 2.24. The summed E-state index contributed by atoms with van der Waals surface area (Å²) < 4.78 is 0. The zero-order chi connectivity index (χ0) is 20.4. The average Bonchev–Trinajstić information content (AvgIpc) is 2.69. The molecule has 1 fully saturated rings. The lowest BCUT2D eigenvalue weighted by atomic mass is 9.91. The number of pyridine rings is 1. The van der Waals surface area contributed by atoms with Gasteiger partial charge in [0.25, 0.3) is 5.91 Å². The number of anilines is 3. The van der Waals surface area contributed by atoms with Crippen molar-refractivity contribution in [2.45, 2.75) is 44.7 Å². The third kappa shape index (κ3) is 4.27. The third-order valence-corrected chi connectivity index (χ3v) is 5.26. The van der Waals surface area contributed by atoms with Crippen LogP contribution in [0.15, 0.2) is 36.7 Å². The highest BCUT2D eigenvalue weighted by molar-refractivity contribution is 5.96. The SMILES string of the molecule is Cc1ccc2ncc(Nc3nc(N[C@@H]4CCCC[C@@H]4N)cnc3C(N)=O)cc2c1. The van der Waals surface area contributed by atoms with Crippen molar-refractivity contribution in [2.24, 2.45) is 11.5 Å². The van der Waals surface area contributed by atoms with Gasteiger partial charge in [0.2, 0.25) is 0 Å². The van der Waals surface area contributed by atoms with Crippen molar-refractivity contribution in [3.8, 4) is 0 Å². The van der Waals surface area contributed by atoms with Gasteiger partial charge in [0, 0.05) is 17.5 Å². The summed E-state index contributed by atoms with van der Waals surface area (Å²) in [6.07, 6.45) is 7.46. The fourth-order valence-corrected chi connectivity index (χ4v) is 3.71. The number of fused-ring (bicyclic) bond motifs is 1. The number of rotatable bonds is 5. The van der Waals surface area contributed by atoms with E-state index in [4.69, 9.17) is 11.5 Å². The highest BCUT2D eigenvalue weighted by atomic mass is 16.1. The van der Waals surface area contributed by atoms with Crippen LogP contribution >= 0.6 is 0 Å². The second kappa shape index (κ2) is 8.00. The first kappa shape index (κ1) is 19.1. The number of amides is 1. The first-order chi connectivity index (χ1) is 14.0. The smallest absolute Gasteiger partial charge is 0.271 e. The van der Waals surface area contributed by atoms with Gasteiger partial charge in [-0.3, -0.25) is 9.78 Å². The summed E-state index contributed by atoms with van der Waals surface area (Å²) in [6, 6.07) is 8.21. The monoisotopic (exact) mass is 391 g/mol. The average molecular weight is 391 g/mol. The van der Waals surface area contributed by atoms with E-state index in [1.54, 1.807) is 6.20 Å². The lowest BCUT2D eigenvalue weighted by Crippen LogP contribution is -2.42. The summed E-state index contributed by atoms with van der Waals surface area (Å²) in [5.41, 5.74) is 14.5. The minimum Gasteiger partial charge on any atom is -0.364 e. The summed E-state index contributed by atoms with van der Waals surface area (Å²) in [5, 5.41) is 7.49. The van der Waals surface area contributed by atoms with Crippen LogP contribution in [0.4, 0.5) is 17.3 Å². The Balaban J connectivity index is 1.63. The zero-order valence-corrected chi connectivity index (χ0v) is 16.4. The second-order valence-electron chi connectivity index (χ2n) is 7.56. The van der Waals surface area contributed by atoms with E-state index in [9.17, 15) is 4.79 Å². The number of benzene rings is 1. The van der Waals surface area contributed by atoms with Crippen molar-refractivity contribution >= 4 is 34.1 Å². The standard InChI is InChI=1S/C21H25N7O/c1-12-6-7-16-13(8-12)9-14(10-24-16)26-21-19(20(23)29)25-11-18(28-21)27-17-5-3-2-4-15(17)22/h6-11,15,17H,2-5,22H2,1H3,(H2,23,29)(H2,26,27,28)/t15-,17+/m0/s1. The van der Waals surface area contributed by atoms with Crippen LogP contribution in [0.5, 0.6) is 0 Å². The van der Waals surface area contributed by atoms with Gasteiger partial charge < -0.3 is 22.1 Å². The van der Waals surface area contributed by atoms with Gasteiger partial charge >= 0.3 is 0 Å². The van der Waals surface area contributed by atoms with Crippen LogP contribution in [-0.4, -0.2) is 32.9 Å². The van der Waals surface area contributed by atoms with E-state index in [1.165, 1.54) is 6.20 Å². The Morgan fingerprint density at radius 2 is 1.97 bits per heavy atom. The Kier molecular flexibility index (Phi) is 5.26. The van der Waals surface area contributed by atoms with E-state index in [0.29, 0.717) is 17.3 Å². The molecule has 0 radical (unpaired) electrons. The molecule has 1 aliphatic rings. The van der Waals surface area contributed by atoms with Gasteiger partial charge in [0.1, 0.15) is 5.82 Å². The summed E-state index contributed by atoms with van der Waals surface area (Å²) in [6.45, 7) is 2.03. The molecule has 0 unspecified atom stereocenters.